The normalized spacial score (nSPS) is 13.2. The fourth-order valence-corrected chi connectivity index (χ4v) is 3.14. The first-order valence-corrected chi connectivity index (χ1v) is 11.2. The van der Waals surface area contributed by atoms with E-state index in [0.717, 1.165) is 18.5 Å². The summed E-state index contributed by atoms with van der Waals surface area (Å²) in [7, 11) is 1.91. The molecule has 0 aliphatic heterocycles. The van der Waals surface area contributed by atoms with Crippen LogP contribution >= 0.6 is 0 Å². The van der Waals surface area contributed by atoms with Crippen molar-refractivity contribution in [3.63, 3.8) is 0 Å². The van der Waals surface area contributed by atoms with Crippen molar-refractivity contribution in [2.24, 2.45) is 5.92 Å². The van der Waals surface area contributed by atoms with E-state index in [2.05, 4.69) is 98.6 Å². The summed E-state index contributed by atoms with van der Waals surface area (Å²) >= 11 is 0. The van der Waals surface area contributed by atoms with Crippen LogP contribution in [0.3, 0.4) is 0 Å². The van der Waals surface area contributed by atoms with E-state index in [1.165, 1.54) is 28.7 Å². The maximum absolute atomic E-state index is 4.20. The molecule has 2 unspecified atom stereocenters. The molecule has 0 aromatic heterocycles. The van der Waals surface area contributed by atoms with Gasteiger partial charge in [-0.3, -0.25) is 0 Å². The van der Waals surface area contributed by atoms with E-state index >= 15 is 0 Å². The highest BCUT2D eigenvalue weighted by atomic mass is 14.8. The molecule has 0 amide bonds. The lowest BCUT2D eigenvalue weighted by molar-refractivity contribution is 0.589. The van der Waals surface area contributed by atoms with Crippen molar-refractivity contribution in [1.82, 2.24) is 5.32 Å². The Morgan fingerprint density at radius 2 is 1.72 bits per heavy atom. The van der Waals surface area contributed by atoms with Gasteiger partial charge in [0.25, 0.3) is 0 Å². The molecule has 1 aromatic carbocycles. The Bertz CT molecular complexity index is 663. The van der Waals surface area contributed by atoms with Crippen LogP contribution in [0.5, 0.6) is 0 Å². The SMILES string of the molecule is C=C(C)C(C)(C)c1cc(C(C)C)ccc1C(C)CC.C=CCCC(C)C(=C)NC. The molecule has 0 aliphatic rings. The van der Waals surface area contributed by atoms with Crippen LogP contribution in [0, 0.1) is 5.92 Å². The van der Waals surface area contributed by atoms with Crippen molar-refractivity contribution in [3.8, 4) is 0 Å². The van der Waals surface area contributed by atoms with Crippen LogP contribution in [0.2, 0.25) is 0 Å². The van der Waals surface area contributed by atoms with Crippen molar-refractivity contribution in [3.05, 3.63) is 72.0 Å². The Labute approximate surface area is 182 Å². The maximum Gasteiger partial charge on any atom is 0.0103 e. The minimum Gasteiger partial charge on any atom is -0.392 e. The van der Waals surface area contributed by atoms with Gasteiger partial charge in [0.1, 0.15) is 0 Å². The van der Waals surface area contributed by atoms with Crippen molar-refractivity contribution in [2.45, 2.75) is 91.9 Å². The van der Waals surface area contributed by atoms with E-state index in [9.17, 15) is 0 Å². The molecule has 1 heteroatoms. The minimum atomic E-state index is 0.0453. The monoisotopic (exact) mass is 397 g/mol. The Morgan fingerprint density at radius 1 is 1.14 bits per heavy atom. The summed E-state index contributed by atoms with van der Waals surface area (Å²) in [6.45, 7) is 29.8. The predicted molar refractivity (Wildman–Crippen MR) is 134 cm³/mol. The molecule has 0 saturated carbocycles. The van der Waals surface area contributed by atoms with Gasteiger partial charge in [-0.15, -0.1) is 6.58 Å². The van der Waals surface area contributed by atoms with Crippen LogP contribution in [-0.4, -0.2) is 7.05 Å². The van der Waals surface area contributed by atoms with Crippen molar-refractivity contribution >= 4 is 0 Å². The lowest BCUT2D eigenvalue weighted by Gasteiger charge is -2.31. The van der Waals surface area contributed by atoms with E-state index in [1.807, 2.05) is 13.1 Å². The predicted octanol–water partition coefficient (Wildman–Crippen LogP) is 8.50. The molecule has 164 valence electrons. The molecule has 0 heterocycles. The highest BCUT2D eigenvalue weighted by Gasteiger charge is 2.26. The molecular formula is C28H47N. The van der Waals surface area contributed by atoms with Gasteiger partial charge in [-0.25, -0.2) is 0 Å². The third-order valence-electron chi connectivity index (χ3n) is 6.35. The number of allylic oxidation sites excluding steroid dienone is 3. The standard InChI is InChI=1S/C19H30.C9H17N/c1-9-15(6)17-11-10-16(13(2)3)12-18(17)19(7,8)14(4)5;1-5-6-7-8(2)9(3)10-4/h10-13,15H,4,9H2,1-3,5-8H3;5,8,10H,1,3,6-7H2,2,4H3. The zero-order chi connectivity index (χ0) is 22.8. The fraction of sp³-hybridized carbons (Fsp3) is 0.571. The summed E-state index contributed by atoms with van der Waals surface area (Å²) in [5.41, 5.74) is 6.76. The first-order chi connectivity index (χ1) is 13.4. The maximum atomic E-state index is 4.20. The highest BCUT2D eigenvalue weighted by molar-refractivity contribution is 5.44. The van der Waals surface area contributed by atoms with E-state index in [0.29, 0.717) is 17.8 Å². The number of rotatable bonds is 10. The topological polar surface area (TPSA) is 12.0 Å². The smallest absolute Gasteiger partial charge is 0.0103 e. The fourth-order valence-electron chi connectivity index (χ4n) is 3.14. The van der Waals surface area contributed by atoms with Gasteiger partial charge in [-0.05, 0) is 60.6 Å². The van der Waals surface area contributed by atoms with Crippen molar-refractivity contribution < 1.29 is 0 Å². The first-order valence-electron chi connectivity index (χ1n) is 11.2. The third-order valence-corrected chi connectivity index (χ3v) is 6.35. The summed E-state index contributed by atoms with van der Waals surface area (Å²) in [5, 5.41) is 3.04. The van der Waals surface area contributed by atoms with E-state index < -0.39 is 0 Å². The quantitative estimate of drug-likeness (QED) is 0.390. The molecule has 0 fully saturated rings. The van der Waals surface area contributed by atoms with Gasteiger partial charge in [0.2, 0.25) is 0 Å². The van der Waals surface area contributed by atoms with Crippen LogP contribution in [0.1, 0.15) is 103 Å². The van der Waals surface area contributed by atoms with Gasteiger partial charge in [0.15, 0.2) is 0 Å². The Balaban J connectivity index is 0.000000665. The van der Waals surface area contributed by atoms with E-state index in [4.69, 9.17) is 0 Å². The molecule has 0 aliphatic carbocycles. The van der Waals surface area contributed by atoms with Gasteiger partial charge in [-0.2, -0.15) is 0 Å². The van der Waals surface area contributed by atoms with Crippen molar-refractivity contribution in [2.75, 3.05) is 7.05 Å². The van der Waals surface area contributed by atoms with Gasteiger partial charge >= 0.3 is 0 Å². The molecule has 1 N–H and O–H groups in total. The van der Waals surface area contributed by atoms with Crippen molar-refractivity contribution in [1.29, 1.82) is 0 Å². The molecule has 0 spiro atoms. The number of hydrogen-bond donors (Lipinski definition) is 1. The highest BCUT2D eigenvalue weighted by Crippen LogP contribution is 2.38. The zero-order valence-electron chi connectivity index (χ0n) is 20.8. The molecule has 1 aromatic rings. The molecular weight excluding hydrogens is 350 g/mol. The number of benzene rings is 1. The Morgan fingerprint density at radius 3 is 2.14 bits per heavy atom. The molecule has 1 rings (SSSR count). The molecule has 0 saturated heterocycles. The third kappa shape index (κ3) is 8.25. The lowest BCUT2D eigenvalue weighted by atomic mass is 9.73. The summed E-state index contributed by atoms with van der Waals surface area (Å²) in [6.07, 6.45) is 5.34. The van der Waals surface area contributed by atoms with E-state index in [1.54, 1.807) is 0 Å². The minimum absolute atomic E-state index is 0.0453. The molecule has 29 heavy (non-hydrogen) atoms. The molecule has 2 atom stereocenters. The van der Waals surface area contributed by atoms with E-state index in [-0.39, 0.29) is 5.41 Å². The summed E-state index contributed by atoms with van der Waals surface area (Å²) < 4.78 is 0. The average molecular weight is 398 g/mol. The van der Waals surface area contributed by atoms with Crippen LogP contribution in [0.25, 0.3) is 0 Å². The van der Waals surface area contributed by atoms with Gasteiger partial charge < -0.3 is 5.32 Å². The first kappa shape index (κ1) is 27.2. The molecule has 0 radical (unpaired) electrons. The van der Waals surface area contributed by atoms with Crippen LogP contribution in [0.15, 0.2) is 55.3 Å². The summed E-state index contributed by atoms with van der Waals surface area (Å²) in [6, 6.07) is 7.04. The number of nitrogens with one attached hydrogen (secondary N) is 1. The van der Waals surface area contributed by atoms with Gasteiger partial charge in [0, 0.05) is 18.2 Å². The van der Waals surface area contributed by atoms with Crippen LogP contribution in [0.4, 0.5) is 0 Å². The second kappa shape index (κ2) is 12.7. The second-order valence-corrected chi connectivity index (χ2v) is 9.26. The average Bonchev–Trinajstić information content (AvgIpc) is 2.70. The molecule has 1 nitrogen and oxygen atoms in total. The largest absolute Gasteiger partial charge is 0.392 e. The van der Waals surface area contributed by atoms with Crippen LogP contribution in [-0.2, 0) is 5.41 Å². The Kier molecular flexibility index (Phi) is 12.0. The van der Waals surface area contributed by atoms with Gasteiger partial charge in [0.05, 0.1) is 0 Å². The zero-order valence-corrected chi connectivity index (χ0v) is 20.8. The second-order valence-electron chi connectivity index (χ2n) is 9.26. The van der Waals surface area contributed by atoms with Crippen LogP contribution < -0.4 is 5.32 Å². The summed E-state index contributed by atoms with van der Waals surface area (Å²) in [5.74, 6) is 1.74. The Hall–Kier alpha value is -1.76. The lowest BCUT2D eigenvalue weighted by Crippen LogP contribution is -2.21. The molecule has 0 bridgehead atoms. The summed E-state index contributed by atoms with van der Waals surface area (Å²) in [4.78, 5) is 0. The van der Waals surface area contributed by atoms with Gasteiger partial charge in [-0.1, -0.05) is 91.5 Å². The number of hydrogen-bond acceptors (Lipinski definition) is 1.